The van der Waals surface area contributed by atoms with Crippen LogP contribution in [0.25, 0.3) is 0 Å². The molecule has 10 heteroatoms. The van der Waals surface area contributed by atoms with Crippen LogP contribution in [0, 0.1) is 0 Å². The lowest BCUT2D eigenvalue weighted by Gasteiger charge is -2.35. The number of urea groups is 1. The smallest absolute Gasteiger partial charge is 0.321 e. The number of benzene rings is 1. The van der Waals surface area contributed by atoms with Crippen LogP contribution in [-0.2, 0) is 6.54 Å². The monoisotopic (exact) mass is 387 g/mol. The molecule has 4 rings (SSSR count). The Balaban J connectivity index is 1.36. The van der Waals surface area contributed by atoms with Gasteiger partial charge in [0.05, 0.1) is 13.7 Å². The minimum absolute atomic E-state index is 0.101. The third-order valence-corrected chi connectivity index (χ3v) is 5.50. The van der Waals surface area contributed by atoms with Crippen LogP contribution in [0.15, 0.2) is 35.6 Å². The largest absolute Gasteiger partial charge is 0.497 e. The van der Waals surface area contributed by atoms with Gasteiger partial charge < -0.3 is 19.9 Å². The third-order valence-electron chi connectivity index (χ3n) is 4.61. The number of amides is 2. The van der Waals surface area contributed by atoms with Crippen molar-refractivity contribution < 1.29 is 9.53 Å². The second kappa shape index (κ2) is 7.59. The van der Waals surface area contributed by atoms with Gasteiger partial charge in [-0.15, -0.1) is 0 Å². The van der Waals surface area contributed by atoms with Crippen LogP contribution in [0.1, 0.15) is 5.56 Å². The maximum absolute atomic E-state index is 12.5. The van der Waals surface area contributed by atoms with E-state index in [0.29, 0.717) is 32.7 Å². The molecular formula is C17H21N7O2S. The minimum atomic E-state index is -0.101. The number of piperazine rings is 1. The van der Waals surface area contributed by atoms with E-state index >= 15 is 0 Å². The van der Waals surface area contributed by atoms with E-state index in [1.165, 1.54) is 11.9 Å². The first-order chi connectivity index (χ1) is 13.1. The first kappa shape index (κ1) is 17.8. The summed E-state index contributed by atoms with van der Waals surface area (Å²) >= 11 is 1.43. The summed E-state index contributed by atoms with van der Waals surface area (Å²) in [5, 5.41) is 3.83. The summed E-state index contributed by atoms with van der Waals surface area (Å²) in [5.74, 6) is 7.55. The zero-order valence-corrected chi connectivity index (χ0v) is 15.8. The number of anilines is 2. The molecule has 27 heavy (non-hydrogen) atoms. The van der Waals surface area contributed by atoms with E-state index in [1.807, 2.05) is 29.2 Å². The lowest BCUT2D eigenvalue weighted by molar-refractivity contribution is 0.208. The molecule has 2 amide bonds. The molecule has 3 heterocycles. The summed E-state index contributed by atoms with van der Waals surface area (Å²) in [6.07, 6.45) is 1.57. The maximum Gasteiger partial charge on any atom is 0.321 e. The average Bonchev–Trinajstić information content (AvgIpc) is 3.09. The van der Waals surface area contributed by atoms with Gasteiger partial charge in [0.2, 0.25) is 0 Å². The van der Waals surface area contributed by atoms with Crippen LogP contribution in [0.2, 0.25) is 0 Å². The van der Waals surface area contributed by atoms with Gasteiger partial charge in [-0.25, -0.2) is 14.8 Å². The van der Waals surface area contributed by atoms with Crippen molar-refractivity contribution in [3.8, 4) is 5.75 Å². The number of fused-ring (bicyclic) bond motifs is 1. The number of carbonyl (C=O) groups is 1. The Bertz CT molecular complexity index is 825. The molecule has 9 nitrogen and oxygen atoms in total. The van der Waals surface area contributed by atoms with Gasteiger partial charge in [-0.05, 0) is 36.2 Å². The number of methoxy groups -OCH3 is 1. The lowest BCUT2D eigenvalue weighted by Crippen LogP contribution is -2.50. The molecule has 0 atom stereocenters. The highest BCUT2D eigenvalue weighted by Gasteiger charge is 2.28. The number of aromatic nitrogens is 2. The molecule has 2 aromatic rings. The number of nitrogens with zero attached hydrogens (tertiary/aromatic N) is 5. The molecule has 0 aliphatic carbocycles. The Kier molecular flexibility index (Phi) is 5.01. The summed E-state index contributed by atoms with van der Waals surface area (Å²) in [6, 6.07) is 7.20. The Hall–Kier alpha value is -2.56. The molecular weight excluding hydrogens is 366 g/mol. The van der Waals surface area contributed by atoms with Crippen molar-refractivity contribution in [3.63, 3.8) is 0 Å². The number of nitrogens with two attached hydrogens (primary N) is 1. The Morgan fingerprint density at radius 1 is 1.19 bits per heavy atom. The molecule has 0 radical (unpaired) electrons. The van der Waals surface area contributed by atoms with Crippen LogP contribution in [-0.4, -0.2) is 58.6 Å². The average molecular weight is 387 g/mol. The maximum atomic E-state index is 12.5. The van der Waals surface area contributed by atoms with Crippen molar-refractivity contribution in [2.75, 3.05) is 43.5 Å². The fourth-order valence-corrected chi connectivity index (χ4v) is 3.95. The Morgan fingerprint density at radius 2 is 1.93 bits per heavy atom. The molecule has 0 saturated carbocycles. The van der Waals surface area contributed by atoms with Crippen LogP contribution >= 0.6 is 11.9 Å². The molecule has 0 spiro atoms. The van der Waals surface area contributed by atoms with Gasteiger partial charge in [0.15, 0.2) is 0 Å². The molecule has 3 N–H and O–H groups in total. The second-order valence-electron chi connectivity index (χ2n) is 6.28. The van der Waals surface area contributed by atoms with E-state index in [2.05, 4.69) is 20.2 Å². The second-order valence-corrected chi connectivity index (χ2v) is 7.32. The first-order valence-electron chi connectivity index (χ1n) is 8.63. The van der Waals surface area contributed by atoms with Crippen molar-refractivity contribution >= 4 is 29.5 Å². The quantitative estimate of drug-likeness (QED) is 0.465. The third kappa shape index (κ3) is 3.77. The van der Waals surface area contributed by atoms with Crippen molar-refractivity contribution in [1.29, 1.82) is 0 Å². The van der Waals surface area contributed by atoms with Crippen molar-refractivity contribution in [1.82, 2.24) is 19.3 Å². The fourth-order valence-electron chi connectivity index (χ4n) is 3.17. The summed E-state index contributed by atoms with van der Waals surface area (Å²) in [4.78, 5) is 25.3. The van der Waals surface area contributed by atoms with Gasteiger partial charge >= 0.3 is 6.03 Å². The summed E-state index contributed by atoms with van der Waals surface area (Å²) in [5.41, 5.74) is 1.80. The highest BCUT2D eigenvalue weighted by atomic mass is 32.2. The van der Waals surface area contributed by atoms with Crippen molar-refractivity contribution in [2.24, 2.45) is 5.84 Å². The highest BCUT2D eigenvalue weighted by Crippen LogP contribution is 2.36. The first-order valence-corrected chi connectivity index (χ1v) is 9.40. The number of hydrazine groups is 1. The molecule has 1 saturated heterocycles. The van der Waals surface area contributed by atoms with Gasteiger partial charge in [0.1, 0.15) is 22.9 Å². The van der Waals surface area contributed by atoms with Gasteiger partial charge in [-0.2, -0.15) is 4.41 Å². The minimum Gasteiger partial charge on any atom is -0.497 e. The molecule has 2 aliphatic rings. The summed E-state index contributed by atoms with van der Waals surface area (Å²) in [7, 11) is 1.61. The van der Waals surface area contributed by atoms with Crippen LogP contribution in [0.5, 0.6) is 5.75 Å². The van der Waals surface area contributed by atoms with Gasteiger partial charge in [0.25, 0.3) is 0 Å². The lowest BCUT2D eigenvalue weighted by atomic mass is 10.2. The number of hydrogen-bond acceptors (Lipinski definition) is 8. The topological polar surface area (TPSA) is 99.8 Å². The van der Waals surface area contributed by atoms with E-state index in [0.717, 1.165) is 27.8 Å². The van der Waals surface area contributed by atoms with E-state index in [4.69, 9.17) is 10.6 Å². The van der Waals surface area contributed by atoms with Crippen LogP contribution in [0.4, 0.5) is 16.3 Å². The SMILES string of the molecule is COc1ccc(NC(=O)N2CCN(c3ncnc4c3CN(N)S4)CC2)cc1. The highest BCUT2D eigenvalue weighted by molar-refractivity contribution is 7.97. The summed E-state index contributed by atoms with van der Waals surface area (Å²) in [6.45, 7) is 3.30. The molecule has 1 aromatic heterocycles. The van der Waals surface area contributed by atoms with Crippen molar-refractivity contribution in [2.45, 2.75) is 11.6 Å². The predicted molar refractivity (Wildman–Crippen MR) is 103 cm³/mol. The van der Waals surface area contributed by atoms with Crippen molar-refractivity contribution in [3.05, 3.63) is 36.2 Å². The number of carbonyl (C=O) groups excluding carboxylic acids is 1. The normalized spacial score (nSPS) is 17.0. The molecule has 1 aromatic carbocycles. The number of rotatable bonds is 3. The standard InChI is InChI=1S/C17H21N7O2S/c1-26-13-4-2-12(3-5-13)21-17(25)23-8-6-22(7-9-23)15-14-10-24(18)27-16(14)20-11-19-15/h2-5,11H,6-10,18H2,1H3,(H,21,25). The molecule has 2 aliphatic heterocycles. The molecule has 0 bridgehead atoms. The van der Waals surface area contributed by atoms with Gasteiger partial charge in [0, 0.05) is 37.4 Å². The molecule has 0 unspecified atom stereocenters. The molecule has 142 valence electrons. The Labute approximate surface area is 161 Å². The summed E-state index contributed by atoms with van der Waals surface area (Å²) < 4.78 is 6.79. The van der Waals surface area contributed by atoms with Crippen LogP contribution in [0.3, 0.4) is 0 Å². The number of hydrogen-bond donors (Lipinski definition) is 2. The van der Waals surface area contributed by atoms with E-state index < -0.39 is 0 Å². The van der Waals surface area contributed by atoms with E-state index in [9.17, 15) is 4.79 Å². The number of nitrogens with one attached hydrogen (secondary N) is 1. The zero-order chi connectivity index (χ0) is 18.8. The zero-order valence-electron chi connectivity index (χ0n) is 15.0. The van der Waals surface area contributed by atoms with E-state index in [1.54, 1.807) is 17.9 Å². The predicted octanol–water partition coefficient (Wildman–Crippen LogP) is 1.54. The number of ether oxygens (including phenoxy) is 1. The Morgan fingerprint density at radius 3 is 2.63 bits per heavy atom. The molecule has 1 fully saturated rings. The van der Waals surface area contributed by atoms with Gasteiger partial charge in [-0.3, -0.25) is 5.84 Å². The van der Waals surface area contributed by atoms with E-state index in [-0.39, 0.29) is 6.03 Å². The van der Waals surface area contributed by atoms with Gasteiger partial charge in [-0.1, -0.05) is 0 Å². The fraction of sp³-hybridized carbons (Fsp3) is 0.353. The van der Waals surface area contributed by atoms with Crippen LogP contribution < -0.4 is 20.8 Å².